The minimum absolute atomic E-state index is 0.285. The summed E-state index contributed by atoms with van der Waals surface area (Å²) in [6.45, 7) is 0.418. The highest BCUT2D eigenvalue weighted by atomic mass is 19.1. The van der Waals surface area contributed by atoms with Gasteiger partial charge in [0.2, 0.25) is 0 Å². The summed E-state index contributed by atoms with van der Waals surface area (Å²) in [5.74, 6) is 0.777. The molecule has 0 radical (unpaired) electrons. The van der Waals surface area contributed by atoms with E-state index >= 15 is 0 Å². The Balaban J connectivity index is 1.95. The van der Waals surface area contributed by atoms with Crippen LogP contribution in [0, 0.1) is 5.82 Å². The van der Waals surface area contributed by atoms with Crippen molar-refractivity contribution in [1.29, 1.82) is 0 Å². The minimum Gasteiger partial charge on any atom is -0.496 e. The van der Waals surface area contributed by atoms with Crippen LogP contribution in [0.2, 0.25) is 0 Å². The number of ether oxygens (including phenoxy) is 2. The highest BCUT2D eigenvalue weighted by Crippen LogP contribution is 2.19. The normalized spacial score (nSPS) is 10.1. The first-order valence-electron chi connectivity index (χ1n) is 5.80. The van der Waals surface area contributed by atoms with Crippen molar-refractivity contribution in [3.8, 4) is 11.5 Å². The molecule has 0 unspecified atom stereocenters. The molecule has 0 aliphatic rings. The molecule has 0 amide bonds. The third-order valence-corrected chi connectivity index (χ3v) is 2.66. The third-order valence-electron chi connectivity index (χ3n) is 2.66. The Kier molecular flexibility index (Phi) is 4.18. The van der Waals surface area contributed by atoms with E-state index in [0.29, 0.717) is 13.0 Å². The molecule has 0 atom stereocenters. The summed E-state index contributed by atoms with van der Waals surface area (Å²) in [7, 11) is 1.64. The molecule has 0 aliphatic heterocycles. The third kappa shape index (κ3) is 3.00. The van der Waals surface area contributed by atoms with E-state index in [1.807, 2.05) is 24.3 Å². The molecule has 0 aromatic heterocycles. The van der Waals surface area contributed by atoms with Gasteiger partial charge in [0, 0.05) is 6.42 Å². The number of rotatable bonds is 5. The van der Waals surface area contributed by atoms with Crippen LogP contribution in [0.25, 0.3) is 0 Å². The summed E-state index contributed by atoms with van der Waals surface area (Å²) < 4.78 is 24.0. The number of methoxy groups -OCH3 is 1. The van der Waals surface area contributed by atoms with Crippen molar-refractivity contribution in [3.63, 3.8) is 0 Å². The van der Waals surface area contributed by atoms with Crippen LogP contribution >= 0.6 is 0 Å². The number of benzene rings is 2. The van der Waals surface area contributed by atoms with Gasteiger partial charge in [0.1, 0.15) is 5.75 Å². The van der Waals surface area contributed by atoms with E-state index in [9.17, 15) is 4.39 Å². The Morgan fingerprint density at radius 2 is 1.61 bits per heavy atom. The van der Waals surface area contributed by atoms with Gasteiger partial charge >= 0.3 is 0 Å². The lowest BCUT2D eigenvalue weighted by Crippen LogP contribution is -2.03. The van der Waals surface area contributed by atoms with Gasteiger partial charge in [-0.1, -0.05) is 30.3 Å². The van der Waals surface area contributed by atoms with Gasteiger partial charge in [-0.25, -0.2) is 4.39 Å². The average Bonchev–Trinajstić information content (AvgIpc) is 2.41. The Labute approximate surface area is 106 Å². The number of hydrogen-bond donors (Lipinski definition) is 0. The molecule has 18 heavy (non-hydrogen) atoms. The summed E-state index contributed by atoms with van der Waals surface area (Å²) in [6.07, 6.45) is 0.679. The van der Waals surface area contributed by atoms with Gasteiger partial charge in [-0.3, -0.25) is 0 Å². The smallest absolute Gasteiger partial charge is 0.165 e. The second-order valence-electron chi connectivity index (χ2n) is 3.84. The molecule has 94 valence electrons. The van der Waals surface area contributed by atoms with E-state index in [0.717, 1.165) is 11.3 Å². The van der Waals surface area contributed by atoms with Crippen LogP contribution in [0.4, 0.5) is 4.39 Å². The van der Waals surface area contributed by atoms with E-state index in [2.05, 4.69) is 0 Å². The van der Waals surface area contributed by atoms with Crippen molar-refractivity contribution < 1.29 is 13.9 Å². The minimum atomic E-state index is -0.336. The van der Waals surface area contributed by atoms with Gasteiger partial charge in [-0.05, 0) is 23.8 Å². The molecule has 0 aliphatic carbocycles. The fourth-order valence-corrected chi connectivity index (χ4v) is 1.74. The van der Waals surface area contributed by atoms with Crippen LogP contribution in [-0.2, 0) is 6.42 Å². The highest BCUT2D eigenvalue weighted by Gasteiger charge is 2.04. The van der Waals surface area contributed by atoms with Gasteiger partial charge in [-0.2, -0.15) is 0 Å². The summed E-state index contributed by atoms with van der Waals surface area (Å²) in [4.78, 5) is 0. The van der Waals surface area contributed by atoms with Gasteiger partial charge in [-0.15, -0.1) is 0 Å². The van der Waals surface area contributed by atoms with E-state index in [4.69, 9.17) is 9.47 Å². The maximum Gasteiger partial charge on any atom is 0.165 e. The molecule has 0 N–H and O–H groups in total. The van der Waals surface area contributed by atoms with Crippen molar-refractivity contribution in [3.05, 3.63) is 59.9 Å². The summed E-state index contributed by atoms with van der Waals surface area (Å²) in [5, 5.41) is 0. The molecule has 0 heterocycles. The average molecular weight is 246 g/mol. The van der Waals surface area contributed by atoms with Crippen molar-refractivity contribution >= 4 is 0 Å². The molecule has 0 saturated carbocycles. The second-order valence-corrected chi connectivity index (χ2v) is 3.84. The van der Waals surface area contributed by atoms with E-state index in [1.54, 1.807) is 25.3 Å². The predicted molar refractivity (Wildman–Crippen MR) is 68.6 cm³/mol. The second kappa shape index (κ2) is 6.05. The Hall–Kier alpha value is -2.03. The SMILES string of the molecule is COc1ccccc1CCOc1ccccc1F. The fraction of sp³-hybridized carbons (Fsp3) is 0.200. The van der Waals surface area contributed by atoms with Gasteiger partial charge in [0.25, 0.3) is 0 Å². The summed E-state index contributed by atoms with van der Waals surface area (Å²) >= 11 is 0. The molecular formula is C15H15FO2. The van der Waals surface area contributed by atoms with E-state index in [-0.39, 0.29) is 11.6 Å². The molecule has 0 saturated heterocycles. The zero-order chi connectivity index (χ0) is 12.8. The quantitative estimate of drug-likeness (QED) is 0.804. The molecule has 3 heteroatoms. The van der Waals surface area contributed by atoms with E-state index < -0.39 is 0 Å². The molecule has 2 rings (SSSR count). The van der Waals surface area contributed by atoms with Crippen LogP contribution in [0.1, 0.15) is 5.56 Å². The number of halogens is 1. The molecule has 0 fully saturated rings. The standard InChI is InChI=1S/C15H15FO2/c1-17-14-8-4-2-6-12(14)10-11-18-15-9-5-3-7-13(15)16/h2-9H,10-11H2,1H3. The van der Waals surface area contributed by atoms with Crippen LogP contribution in [0.15, 0.2) is 48.5 Å². The largest absolute Gasteiger partial charge is 0.496 e. The van der Waals surface area contributed by atoms with Crippen molar-refractivity contribution in [2.24, 2.45) is 0 Å². The van der Waals surface area contributed by atoms with E-state index in [1.165, 1.54) is 6.07 Å². The zero-order valence-electron chi connectivity index (χ0n) is 10.2. The first-order chi connectivity index (χ1) is 8.81. The Morgan fingerprint density at radius 1 is 0.944 bits per heavy atom. The fourth-order valence-electron chi connectivity index (χ4n) is 1.74. The van der Waals surface area contributed by atoms with Crippen LogP contribution < -0.4 is 9.47 Å². The molecule has 2 aromatic carbocycles. The molecule has 2 aromatic rings. The van der Waals surface area contributed by atoms with Crippen LogP contribution in [-0.4, -0.2) is 13.7 Å². The van der Waals surface area contributed by atoms with Gasteiger partial charge < -0.3 is 9.47 Å². The molecule has 0 spiro atoms. The maximum atomic E-state index is 13.3. The Bertz CT molecular complexity index is 511. The van der Waals surface area contributed by atoms with Gasteiger partial charge in [0.15, 0.2) is 11.6 Å². The Morgan fingerprint density at radius 3 is 2.33 bits per heavy atom. The van der Waals surface area contributed by atoms with Crippen molar-refractivity contribution in [2.45, 2.75) is 6.42 Å². The van der Waals surface area contributed by atoms with Crippen molar-refractivity contribution in [2.75, 3.05) is 13.7 Å². The molecular weight excluding hydrogens is 231 g/mol. The van der Waals surface area contributed by atoms with Crippen LogP contribution in [0.3, 0.4) is 0 Å². The lowest BCUT2D eigenvalue weighted by molar-refractivity contribution is 0.302. The lowest BCUT2D eigenvalue weighted by Gasteiger charge is -2.09. The maximum absolute atomic E-state index is 13.3. The van der Waals surface area contributed by atoms with Crippen molar-refractivity contribution in [1.82, 2.24) is 0 Å². The molecule has 0 bridgehead atoms. The lowest BCUT2D eigenvalue weighted by atomic mass is 10.1. The summed E-state index contributed by atoms with van der Waals surface area (Å²) in [5.41, 5.74) is 1.05. The monoisotopic (exact) mass is 246 g/mol. The highest BCUT2D eigenvalue weighted by molar-refractivity contribution is 5.33. The predicted octanol–water partition coefficient (Wildman–Crippen LogP) is 3.46. The molecule has 2 nitrogen and oxygen atoms in total. The number of hydrogen-bond acceptors (Lipinski definition) is 2. The number of para-hydroxylation sites is 2. The van der Waals surface area contributed by atoms with Gasteiger partial charge in [0.05, 0.1) is 13.7 Å². The topological polar surface area (TPSA) is 18.5 Å². The first kappa shape index (κ1) is 12.4. The van der Waals surface area contributed by atoms with Crippen LogP contribution in [0.5, 0.6) is 11.5 Å². The zero-order valence-corrected chi connectivity index (χ0v) is 10.2. The summed E-state index contributed by atoms with van der Waals surface area (Å²) in [6, 6.07) is 14.1. The first-order valence-corrected chi connectivity index (χ1v) is 5.80.